The van der Waals surface area contributed by atoms with Gasteiger partial charge in [-0.15, -0.1) is 0 Å². The molecule has 2 N–H and O–H groups in total. The highest BCUT2D eigenvalue weighted by atomic mass is 16.5. The molecule has 4 amide bonds. The number of nitrogens with one attached hydrogen (secondary N) is 2. The lowest BCUT2D eigenvalue weighted by atomic mass is 9.95. The number of pyridine rings is 1. The second kappa shape index (κ2) is 11.8. The zero-order valence-electron chi connectivity index (χ0n) is 21.8. The van der Waals surface area contributed by atoms with E-state index in [1.165, 1.54) is 0 Å². The summed E-state index contributed by atoms with van der Waals surface area (Å²) in [6.45, 7) is 3.33. The number of benzene rings is 2. The van der Waals surface area contributed by atoms with Crippen LogP contribution >= 0.6 is 0 Å². The van der Waals surface area contributed by atoms with Crippen LogP contribution in [0.4, 0.5) is 4.79 Å². The van der Waals surface area contributed by atoms with Crippen molar-refractivity contribution in [3.63, 3.8) is 0 Å². The summed E-state index contributed by atoms with van der Waals surface area (Å²) in [5.41, 5.74) is 2.87. The molecule has 1 aromatic heterocycles. The van der Waals surface area contributed by atoms with Crippen LogP contribution in [0.2, 0.25) is 0 Å². The standard InChI is InChI=1S/C30H31N5O4/c1-2-35-25-20-34(18-15-26(36)32-17-14-22-10-6-7-16-31-22)29(37)27(25)28(33-30(35)38)21-9-8-13-24(19-21)39-23-11-4-3-5-12-23/h3-13,16,19,28H,2,14-15,17-18,20H2,1H3,(H,32,36)(H,33,38)/t28-/m0/s1. The molecule has 39 heavy (non-hydrogen) atoms. The largest absolute Gasteiger partial charge is 0.457 e. The molecule has 0 bridgehead atoms. The van der Waals surface area contributed by atoms with Gasteiger partial charge in [0.25, 0.3) is 5.91 Å². The van der Waals surface area contributed by atoms with E-state index in [4.69, 9.17) is 4.74 Å². The summed E-state index contributed by atoms with van der Waals surface area (Å²) in [7, 11) is 0. The summed E-state index contributed by atoms with van der Waals surface area (Å²) < 4.78 is 5.98. The number of nitrogens with zero attached hydrogens (tertiary/aromatic N) is 3. The van der Waals surface area contributed by atoms with E-state index in [1.807, 2.05) is 79.7 Å². The van der Waals surface area contributed by atoms with Crippen LogP contribution in [0.3, 0.4) is 0 Å². The number of likely N-dealkylation sites (N-methyl/N-ethyl adjacent to an activating group) is 1. The third-order valence-corrected chi connectivity index (χ3v) is 6.82. The topological polar surface area (TPSA) is 104 Å². The summed E-state index contributed by atoms with van der Waals surface area (Å²) in [5, 5.41) is 5.90. The Hall–Kier alpha value is -4.66. The molecule has 200 valence electrons. The third kappa shape index (κ3) is 5.93. The highest BCUT2D eigenvalue weighted by Gasteiger charge is 2.43. The van der Waals surface area contributed by atoms with Gasteiger partial charge in [-0.1, -0.05) is 36.4 Å². The van der Waals surface area contributed by atoms with Gasteiger partial charge in [-0.05, 0) is 48.9 Å². The molecule has 0 saturated heterocycles. The fraction of sp³-hybridized carbons (Fsp3) is 0.267. The van der Waals surface area contributed by atoms with E-state index in [0.29, 0.717) is 42.3 Å². The predicted octanol–water partition coefficient (Wildman–Crippen LogP) is 3.81. The second-order valence-corrected chi connectivity index (χ2v) is 9.37. The summed E-state index contributed by atoms with van der Waals surface area (Å²) in [6, 6.07) is 21.6. The van der Waals surface area contributed by atoms with E-state index in [9.17, 15) is 14.4 Å². The van der Waals surface area contributed by atoms with E-state index in [1.54, 1.807) is 16.0 Å². The number of aromatic nitrogens is 1. The molecular weight excluding hydrogens is 494 g/mol. The van der Waals surface area contributed by atoms with E-state index >= 15 is 0 Å². The molecule has 0 aliphatic carbocycles. The molecule has 5 rings (SSSR count). The van der Waals surface area contributed by atoms with Crippen LogP contribution < -0.4 is 15.4 Å². The van der Waals surface area contributed by atoms with Crippen molar-refractivity contribution < 1.29 is 19.1 Å². The SMILES string of the molecule is CCN1C(=O)N[C@@H](c2cccc(Oc3ccccc3)c2)C2=C1CN(CCC(=O)NCCc1ccccn1)C2=O. The molecule has 9 heteroatoms. The lowest BCUT2D eigenvalue weighted by Gasteiger charge is -2.33. The Bertz CT molecular complexity index is 1380. The fourth-order valence-corrected chi connectivity index (χ4v) is 4.90. The maximum Gasteiger partial charge on any atom is 0.322 e. The third-order valence-electron chi connectivity index (χ3n) is 6.82. The lowest BCUT2D eigenvalue weighted by Crippen LogP contribution is -2.47. The van der Waals surface area contributed by atoms with E-state index in [0.717, 1.165) is 11.3 Å². The molecule has 2 aromatic carbocycles. The number of hydrogen-bond donors (Lipinski definition) is 2. The molecule has 0 spiro atoms. The van der Waals surface area contributed by atoms with Gasteiger partial charge in [0, 0.05) is 44.4 Å². The number of carbonyl (C=O) groups is 3. The van der Waals surface area contributed by atoms with E-state index < -0.39 is 6.04 Å². The average Bonchev–Trinajstić information content (AvgIpc) is 3.28. The Kier molecular flexibility index (Phi) is 7.86. The van der Waals surface area contributed by atoms with Gasteiger partial charge < -0.3 is 20.3 Å². The van der Waals surface area contributed by atoms with Gasteiger partial charge in [-0.3, -0.25) is 19.5 Å². The van der Waals surface area contributed by atoms with Crippen molar-refractivity contribution in [1.82, 2.24) is 25.4 Å². The molecule has 0 saturated carbocycles. The van der Waals surface area contributed by atoms with Crippen LogP contribution in [0.25, 0.3) is 0 Å². The first kappa shape index (κ1) is 26.0. The summed E-state index contributed by atoms with van der Waals surface area (Å²) in [5.74, 6) is 0.995. The van der Waals surface area contributed by atoms with Gasteiger partial charge in [0.05, 0.1) is 23.9 Å². The van der Waals surface area contributed by atoms with Gasteiger partial charge in [-0.2, -0.15) is 0 Å². The minimum Gasteiger partial charge on any atom is -0.457 e. The number of amides is 4. The van der Waals surface area contributed by atoms with Crippen molar-refractivity contribution in [2.75, 3.05) is 26.2 Å². The van der Waals surface area contributed by atoms with Gasteiger partial charge in [-0.25, -0.2) is 4.79 Å². The molecule has 3 heterocycles. The molecule has 2 aliphatic rings. The zero-order valence-corrected chi connectivity index (χ0v) is 21.8. The highest BCUT2D eigenvalue weighted by Crippen LogP contribution is 2.37. The predicted molar refractivity (Wildman–Crippen MR) is 146 cm³/mol. The second-order valence-electron chi connectivity index (χ2n) is 9.37. The minimum absolute atomic E-state index is 0.132. The first-order valence-electron chi connectivity index (χ1n) is 13.1. The lowest BCUT2D eigenvalue weighted by molar-refractivity contribution is -0.127. The summed E-state index contributed by atoms with van der Waals surface area (Å²) in [6.07, 6.45) is 2.54. The van der Waals surface area contributed by atoms with E-state index in [2.05, 4.69) is 15.6 Å². The molecule has 0 radical (unpaired) electrons. The minimum atomic E-state index is -0.612. The van der Waals surface area contributed by atoms with Crippen molar-refractivity contribution >= 4 is 17.8 Å². The molecule has 0 fully saturated rings. The van der Waals surface area contributed by atoms with Crippen LogP contribution in [0, 0.1) is 0 Å². The Labute approximate surface area is 227 Å². The maximum atomic E-state index is 13.6. The smallest absolute Gasteiger partial charge is 0.322 e. The first-order valence-corrected chi connectivity index (χ1v) is 13.1. The monoisotopic (exact) mass is 525 g/mol. The van der Waals surface area contributed by atoms with Crippen molar-refractivity contribution in [3.8, 4) is 11.5 Å². The molecule has 1 atom stereocenters. The van der Waals surface area contributed by atoms with Crippen LogP contribution in [-0.2, 0) is 16.0 Å². The fourth-order valence-electron chi connectivity index (χ4n) is 4.90. The number of urea groups is 1. The van der Waals surface area contributed by atoms with Gasteiger partial charge in [0.1, 0.15) is 11.5 Å². The number of hydrogen-bond acceptors (Lipinski definition) is 5. The molecule has 9 nitrogen and oxygen atoms in total. The van der Waals surface area contributed by atoms with Gasteiger partial charge >= 0.3 is 6.03 Å². The number of para-hydroxylation sites is 1. The normalized spacial score (nSPS) is 16.7. The molecule has 2 aliphatic heterocycles. The van der Waals surface area contributed by atoms with Crippen LogP contribution in [-0.4, -0.2) is 58.8 Å². The van der Waals surface area contributed by atoms with Crippen LogP contribution in [0.15, 0.2) is 90.3 Å². The average molecular weight is 526 g/mol. The van der Waals surface area contributed by atoms with Crippen LogP contribution in [0.5, 0.6) is 11.5 Å². The molecular formula is C30H31N5O4. The Morgan fingerprint density at radius 1 is 1.05 bits per heavy atom. The van der Waals surface area contributed by atoms with Crippen molar-refractivity contribution in [2.45, 2.75) is 25.8 Å². The number of carbonyl (C=O) groups excluding carboxylic acids is 3. The maximum absolute atomic E-state index is 13.6. The number of ether oxygens (including phenoxy) is 1. The molecule has 0 unspecified atom stereocenters. The quantitative estimate of drug-likeness (QED) is 0.419. The first-order chi connectivity index (χ1) is 19.0. The summed E-state index contributed by atoms with van der Waals surface area (Å²) in [4.78, 5) is 46.6. The number of rotatable bonds is 10. The Morgan fingerprint density at radius 3 is 2.62 bits per heavy atom. The Balaban J connectivity index is 1.26. The van der Waals surface area contributed by atoms with E-state index in [-0.39, 0.29) is 37.4 Å². The zero-order chi connectivity index (χ0) is 27.2. The summed E-state index contributed by atoms with van der Waals surface area (Å²) >= 11 is 0. The van der Waals surface area contributed by atoms with Crippen LogP contribution in [0.1, 0.15) is 30.6 Å². The van der Waals surface area contributed by atoms with Crippen molar-refractivity contribution in [3.05, 3.63) is 102 Å². The van der Waals surface area contributed by atoms with Crippen molar-refractivity contribution in [1.29, 1.82) is 0 Å². The van der Waals surface area contributed by atoms with Gasteiger partial charge in [0.15, 0.2) is 0 Å². The highest BCUT2D eigenvalue weighted by molar-refractivity contribution is 6.01. The molecule has 3 aromatic rings. The van der Waals surface area contributed by atoms with Crippen molar-refractivity contribution in [2.24, 2.45) is 0 Å². The Morgan fingerprint density at radius 2 is 1.85 bits per heavy atom. The van der Waals surface area contributed by atoms with Gasteiger partial charge in [0.2, 0.25) is 5.91 Å².